The summed E-state index contributed by atoms with van der Waals surface area (Å²) in [6, 6.07) is 12.6. The Morgan fingerprint density at radius 3 is 2.56 bits per heavy atom. The smallest absolute Gasteiger partial charge is 0.271 e. The summed E-state index contributed by atoms with van der Waals surface area (Å²) in [5.74, 6) is 1.32. The van der Waals surface area contributed by atoms with E-state index >= 15 is 0 Å². The number of aryl methyl sites for hydroxylation is 1. The van der Waals surface area contributed by atoms with Crippen LogP contribution in [0.1, 0.15) is 48.2 Å². The van der Waals surface area contributed by atoms with Gasteiger partial charge in [-0.1, -0.05) is 11.6 Å². The second-order valence-corrected chi connectivity index (χ2v) is 12.6. The van der Waals surface area contributed by atoms with Crippen molar-refractivity contribution in [1.29, 1.82) is 5.26 Å². The lowest BCUT2D eigenvalue weighted by atomic mass is 9.59. The Hall–Kier alpha value is -4.75. The van der Waals surface area contributed by atoms with Crippen LogP contribution in [0.15, 0.2) is 67.5 Å². The van der Waals surface area contributed by atoms with Crippen LogP contribution >= 0.6 is 11.6 Å². The van der Waals surface area contributed by atoms with Gasteiger partial charge in [-0.25, -0.2) is 14.5 Å². The van der Waals surface area contributed by atoms with Crippen molar-refractivity contribution < 1.29 is 4.79 Å². The first-order valence-electron chi connectivity index (χ1n) is 14.5. The van der Waals surface area contributed by atoms with E-state index in [1.807, 2.05) is 31.8 Å². The number of nitrogens with zero attached hydrogens (tertiary/aromatic N) is 8. The molecule has 2 saturated heterocycles. The molecule has 5 aromatic heterocycles. The molecule has 0 unspecified atom stereocenters. The molecule has 7 heterocycles. The van der Waals surface area contributed by atoms with E-state index in [-0.39, 0.29) is 17.1 Å². The molecule has 11 heteroatoms. The number of carbonyl (C=O) groups is 1. The molecule has 2 aliphatic carbocycles. The molecule has 43 heavy (non-hydrogen) atoms. The molecule has 1 amide bonds. The second-order valence-electron chi connectivity index (χ2n) is 12.1. The predicted octanol–water partition coefficient (Wildman–Crippen LogP) is 5.04. The third-order valence-electron chi connectivity index (χ3n) is 9.38. The van der Waals surface area contributed by atoms with Crippen LogP contribution in [0.25, 0.3) is 27.8 Å². The quantitative estimate of drug-likeness (QED) is 0.305. The molecule has 2 saturated carbocycles. The lowest BCUT2D eigenvalue weighted by molar-refractivity contribution is 0.0357. The Morgan fingerprint density at radius 2 is 1.86 bits per heavy atom. The molecule has 1 N–H and O–H groups in total. The van der Waals surface area contributed by atoms with Crippen LogP contribution < -0.4 is 10.2 Å². The Kier molecular flexibility index (Phi) is 5.81. The van der Waals surface area contributed by atoms with Crippen LogP contribution in [0.3, 0.4) is 0 Å². The molecular weight excluding hydrogens is 562 g/mol. The Morgan fingerprint density at radius 1 is 1.02 bits per heavy atom. The summed E-state index contributed by atoms with van der Waals surface area (Å²) in [5, 5.41) is 22.3. The summed E-state index contributed by atoms with van der Waals surface area (Å²) < 4.78 is 3.53. The van der Waals surface area contributed by atoms with E-state index in [1.165, 1.54) is 0 Å². The van der Waals surface area contributed by atoms with E-state index in [0.29, 0.717) is 28.6 Å². The molecule has 214 valence electrons. The average molecular weight is 590 g/mol. The SMILES string of the molecule is Cn1cc(-c2cc(-c3ccc(N4[C@@H]5C[C@@H]6C[C@H]4C[C@@](NC(=O)c4ncccc4Cl)(C6)C5)nc3)c3c(C#N)cnn3c2)cn1. The molecule has 10 nitrogen and oxygen atoms in total. The lowest BCUT2D eigenvalue weighted by Crippen LogP contribution is -2.69. The fourth-order valence-corrected chi connectivity index (χ4v) is 8.06. The van der Waals surface area contributed by atoms with Crippen molar-refractivity contribution >= 4 is 28.8 Å². The second kappa shape index (κ2) is 9.64. The number of hydrogen-bond acceptors (Lipinski definition) is 7. The third-order valence-corrected chi connectivity index (χ3v) is 9.68. The van der Waals surface area contributed by atoms with Gasteiger partial charge in [-0.3, -0.25) is 9.48 Å². The predicted molar refractivity (Wildman–Crippen MR) is 161 cm³/mol. The highest BCUT2D eigenvalue weighted by Gasteiger charge is 2.55. The molecule has 4 bridgehead atoms. The van der Waals surface area contributed by atoms with Crippen LogP contribution in [0.4, 0.5) is 5.82 Å². The van der Waals surface area contributed by atoms with E-state index < -0.39 is 0 Å². The summed E-state index contributed by atoms with van der Waals surface area (Å²) in [6.45, 7) is 0. The third kappa shape index (κ3) is 4.26. The summed E-state index contributed by atoms with van der Waals surface area (Å²) in [4.78, 5) is 24.9. The van der Waals surface area contributed by atoms with E-state index in [2.05, 4.69) is 49.7 Å². The maximum atomic E-state index is 13.2. The summed E-state index contributed by atoms with van der Waals surface area (Å²) in [5.41, 5.74) is 5.03. The fourth-order valence-electron chi connectivity index (χ4n) is 7.86. The fraction of sp³-hybridized carbons (Fsp3) is 0.312. The van der Waals surface area contributed by atoms with Crippen molar-refractivity contribution in [2.75, 3.05) is 4.90 Å². The summed E-state index contributed by atoms with van der Waals surface area (Å²) >= 11 is 6.28. The number of piperidine rings is 2. The average Bonchev–Trinajstić information content (AvgIpc) is 3.62. The largest absolute Gasteiger partial charge is 0.350 e. The maximum absolute atomic E-state index is 13.2. The molecule has 0 aromatic carbocycles. The number of pyridine rings is 3. The first-order valence-corrected chi connectivity index (χ1v) is 14.9. The zero-order valence-electron chi connectivity index (χ0n) is 23.5. The van der Waals surface area contributed by atoms with E-state index in [4.69, 9.17) is 16.6 Å². The molecule has 4 fully saturated rings. The van der Waals surface area contributed by atoms with Gasteiger partial charge in [-0.2, -0.15) is 15.5 Å². The van der Waals surface area contributed by atoms with Gasteiger partial charge >= 0.3 is 0 Å². The topological polar surface area (TPSA) is 117 Å². The van der Waals surface area contributed by atoms with Crippen LogP contribution in [0.5, 0.6) is 0 Å². The highest BCUT2D eigenvalue weighted by atomic mass is 35.5. The van der Waals surface area contributed by atoms with Gasteiger partial charge in [0, 0.05) is 71.7 Å². The van der Waals surface area contributed by atoms with Gasteiger partial charge in [0.05, 0.1) is 28.5 Å². The summed E-state index contributed by atoms with van der Waals surface area (Å²) in [7, 11) is 1.89. The van der Waals surface area contributed by atoms with Gasteiger partial charge in [0.2, 0.25) is 0 Å². The number of nitrogens with one attached hydrogen (secondary N) is 1. The monoisotopic (exact) mass is 589 g/mol. The van der Waals surface area contributed by atoms with Crippen molar-refractivity contribution in [1.82, 2.24) is 34.7 Å². The Labute approximate surface area is 252 Å². The minimum atomic E-state index is -0.251. The number of halogens is 1. The molecular formula is C32H28ClN9O. The van der Waals surface area contributed by atoms with Crippen LogP contribution in [0.2, 0.25) is 5.02 Å². The summed E-state index contributed by atoms with van der Waals surface area (Å²) in [6.07, 6.45) is 15.7. The number of amides is 1. The number of carbonyl (C=O) groups excluding carboxylic acids is 1. The van der Waals surface area contributed by atoms with Crippen molar-refractivity contribution in [3.05, 3.63) is 83.8 Å². The van der Waals surface area contributed by atoms with Crippen molar-refractivity contribution in [2.45, 2.75) is 49.7 Å². The van der Waals surface area contributed by atoms with Gasteiger partial charge in [-0.05, 0) is 68.4 Å². The van der Waals surface area contributed by atoms with Gasteiger partial charge in [0.1, 0.15) is 17.6 Å². The number of anilines is 1. The van der Waals surface area contributed by atoms with E-state index in [9.17, 15) is 10.1 Å². The minimum Gasteiger partial charge on any atom is -0.350 e. The molecule has 0 radical (unpaired) electrons. The van der Waals surface area contributed by atoms with Gasteiger partial charge in [0.25, 0.3) is 5.91 Å². The Balaban J connectivity index is 1.09. The maximum Gasteiger partial charge on any atom is 0.271 e. The van der Waals surface area contributed by atoms with E-state index in [1.54, 1.807) is 33.7 Å². The van der Waals surface area contributed by atoms with E-state index in [0.717, 1.165) is 65.7 Å². The number of nitriles is 1. The van der Waals surface area contributed by atoms with Crippen LogP contribution in [-0.2, 0) is 7.05 Å². The van der Waals surface area contributed by atoms with Crippen LogP contribution in [0, 0.1) is 17.2 Å². The minimum absolute atomic E-state index is 0.196. The van der Waals surface area contributed by atoms with Crippen molar-refractivity contribution in [3.8, 4) is 28.3 Å². The van der Waals surface area contributed by atoms with Gasteiger partial charge < -0.3 is 10.2 Å². The first-order chi connectivity index (χ1) is 20.9. The van der Waals surface area contributed by atoms with Gasteiger partial charge in [-0.15, -0.1) is 0 Å². The molecule has 9 rings (SSSR count). The molecule has 4 atom stereocenters. The Bertz CT molecular complexity index is 1920. The number of aromatic nitrogens is 6. The highest BCUT2D eigenvalue weighted by Crippen LogP contribution is 2.52. The number of fused-ring (bicyclic) bond motifs is 1. The lowest BCUT2D eigenvalue weighted by Gasteiger charge is -2.62. The standard InChI is InChI=1S/C32H28ClN9O/c1-40-17-23(16-37-40)21-9-26(30-22(13-34)15-38-41(30)18-21)20-4-5-28(36-14-20)42-24-7-19-8-25(42)12-32(10-19,11-24)39-31(43)29-27(33)3-2-6-35-29/h2-6,9,14-19,24-25H,7-8,10-12H2,1H3,(H,39,43)/t19-,24-,25+,32-. The van der Waals surface area contributed by atoms with Gasteiger partial charge in [0.15, 0.2) is 0 Å². The molecule has 2 aliphatic heterocycles. The highest BCUT2D eigenvalue weighted by molar-refractivity contribution is 6.33. The molecule has 0 spiro atoms. The van der Waals surface area contributed by atoms with Crippen molar-refractivity contribution in [3.63, 3.8) is 0 Å². The zero-order chi connectivity index (χ0) is 29.3. The van der Waals surface area contributed by atoms with Crippen LogP contribution in [-0.4, -0.2) is 52.9 Å². The zero-order valence-corrected chi connectivity index (χ0v) is 24.2. The number of hydrogen-bond donors (Lipinski definition) is 1. The van der Waals surface area contributed by atoms with Crippen molar-refractivity contribution in [2.24, 2.45) is 13.0 Å². The normalized spacial score (nSPS) is 23.9. The molecule has 5 aromatic rings. The first kappa shape index (κ1) is 25.9. The number of rotatable bonds is 5. The molecule has 4 aliphatic rings.